The van der Waals surface area contributed by atoms with Crippen molar-refractivity contribution in [3.63, 3.8) is 0 Å². The molecular weight excluding hydrogens is 446 g/mol. The SMILES string of the molecule is CCOC(=O)COc1c(Cl)cc(/C=N\NC(=O)c2ccc(N3CCCC3)cc2)cc1OCC. The molecule has 1 saturated heterocycles. The molecule has 0 bridgehead atoms. The van der Waals surface area contributed by atoms with Crippen LogP contribution in [0, 0.1) is 0 Å². The van der Waals surface area contributed by atoms with E-state index in [1.54, 1.807) is 31.2 Å². The van der Waals surface area contributed by atoms with E-state index in [0.717, 1.165) is 18.8 Å². The van der Waals surface area contributed by atoms with Gasteiger partial charge >= 0.3 is 5.97 Å². The molecule has 8 nitrogen and oxygen atoms in total. The standard InChI is InChI=1S/C24H28ClN3O5/c1-3-31-21-14-17(13-20(25)23(21)33-16-22(29)32-4-2)15-26-27-24(30)18-7-9-19(10-8-18)28-11-5-6-12-28/h7-10,13-15H,3-6,11-12,16H2,1-2H3,(H,27,30)/b26-15-. The van der Waals surface area contributed by atoms with Crippen LogP contribution in [0.4, 0.5) is 5.69 Å². The molecule has 3 rings (SSSR count). The first kappa shape index (κ1) is 24.4. The number of rotatable bonds is 10. The van der Waals surface area contributed by atoms with Crippen molar-refractivity contribution in [2.75, 3.05) is 37.8 Å². The zero-order chi connectivity index (χ0) is 23.6. The number of esters is 1. The van der Waals surface area contributed by atoms with Crippen LogP contribution in [0.3, 0.4) is 0 Å². The predicted octanol–water partition coefficient (Wildman–Crippen LogP) is 4.04. The highest BCUT2D eigenvalue weighted by molar-refractivity contribution is 6.32. The molecule has 1 amide bonds. The van der Waals surface area contributed by atoms with E-state index in [4.69, 9.17) is 25.8 Å². The fraction of sp³-hybridized carbons (Fsp3) is 0.375. The number of carbonyl (C=O) groups excluding carboxylic acids is 2. The third-order valence-corrected chi connectivity index (χ3v) is 5.23. The molecule has 0 unspecified atom stereocenters. The summed E-state index contributed by atoms with van der Waals surface area (Å²) in [5.74, 6) is -0.215. The van der Waals surface area contributed by atoms with E-state index in [-0.39, 0.29) is 29.9 Å². The Kier molecular flexibility index (Phi) is 8.95. The number of nitrogens with zero attached hydrogens (tertiary/aromatic N) is 2. The Morgan fingerprint density at radius 1 is 1.09 bits per heavy atom. The highest BCUT2D eigenvalue weighted by Gasteiger charge is 2.15. The first-order valence-corrected chi connectivity index (χ1v) is 11.3. The van der Waals surface area contributed by atoms with Crippen molar-refractivity contribution in [1.29, 1.82) is 0 Å². The highest BCUT2D eigenvalue weighted by Crippen LogP contribution is 2.36. The molecule has 0 atom stereocenters. The number of hydrazone groups is 1. The van der Waals surface area contributed by atoms with Gasteiger partial charge in [0.1, 0.15) is 0 Å². The Morgan fingerprint density at radius 2 is 1.82 bits per heavy atom. The zero-order valence-electron chi connectivity index (χ0n) is 18.8. The van der Waals surface area contributed by atoms with Crippen molar-refractivity contribution in [2.24, 2.45) is 5.10 Å². The summed E-state index contributed by atoms with van der Waals surface area (Å²) in [7, 11) is 0. The molecule has 176 valence electrons. The summed E-state index contributed by atoms with van der Waals surface area (Å²) in [4.78, 5) is 26.3. The van der Waals surface area contributed by atoms with Crippen LogP contribution < -0.4 is 19.8 Å². The van der Waals surface area contributed by atoms with Crippen LogP contribution in [-0.4, -0.2) is 51.0 Å². The number of halogens is 1. The number of ether oxygens (including phenoxy) is 3. The van der Waals surface area contributed by atoms with Gasteiger partial charge in [-0.1, -0.05) is 11.6 Å². The molecule has 1 N–H and O–H groups in total. The van der Waals surface area contributed by atoms with Crippen LogP contribution in [0.15, 0.2) is 41.5 Å². The van der Waals surface area contributed by atoms with Crippen LogP contribution in [0.25, 0.3) is 0 Å². The Hall–Kier alpha value is -3.26. The lowest BCUT2D eigenvalue weighted by molar-refractivity contribution is -0.145. The maximum Gasteiger partial charge on any atom is 0.344 e. The summed E-state index contributed by atoms with van der Waals surface area (Å²) < 4.78 is 15.9. The van der Waals surface area contributed by atoms with Crippen molar-refractivity contribution >= 4 is 35.4 Å². The summed E-state index contributed by atoms with van der Waals surface area (Å²) in [5.41, 5.74) is 4.75. The van der Waals surface area contributed by atoms with E-state index < -0.39 is 5.97 Å². The molecule has 0 spiro atoms. The third-order valence-electron chi connectivity index (χ3n) is 4.95. The lowest BCUT2D eigenvalue weighted by atomic mass is 10.2. The number of anilines is 1. The molecule has 0 aromatic heterocycles. The molecule has 1 heterocycles. The molecule has 1 fully saturated rings. The van der Waals surface area contributed by atoms with Gasteiger partial charge in [-0.05, 0) is 68.7 Å². The van der Waals surface area contributed by atoms with E-state index in [0.29, 0.717) is 23.5 Å². The number of hydrogen-bond acceptors (Lipinski definition) is 7. The van der Waals surface area contributed by atoms with Gasteiger partial charge in [0.2, 0.25) is 0 Å². The fourth-order valence-electron chi connectivity index (χ4n) is 3.43. The molecule has 2 aromatic rings. The third kappa shape index (κ3) is 6.86. The summed E-state index contributed by atoms with van der Waals surface area (Å²) in [6, 6.07) is 10.7. The molecule has 0 saturated carbocycles. The zero-order valence-corrected chi connectivity index (χ0v) is 19.6. The van der Waals surface area contributed by atoms with E-state index in [9.17, 15) is 9.59 Å². The van der Waals surface area contributed by atoms with Crippen molar-refractivity contribution in [1.82, 2.24) is 5.43 Å². The monoisotopic (exact) mass is 473 g/mol. The van der Waals surface area contributed by atoms with Gasteiger partial charge in [0.25, 0.3) is 5.91 Å². The topological polar surface area (TPSA) is 89.5 Å². The smallest absolute Gasteiger partial charge is 0.344 e. The van der Waals surface area contributed by atoms with Crippen LogP contribution in [0.5, 0.6) is 11.5 Å². The minimum atomic E-state index is -0.502. The van der Waals surface area contributed by atoms with Crippen LogP contribution >= 0.6 is 11.6 Å². The number of carbonyl (C=O) groups is 2. The first-order valence-electron chi connectivity index (χ1n) is 10.9. The van der Waals surface area contributed by atoms with Gasteiger partial charge in [-0.3, -0.25) is 4.79 Å². The van der Waals surface area contributed by atoms with Crippen LogP contribution in [0.2, 0.25) is 5.02 Å². The molecule has 0 radical (unpaired) electrons. The maximum atomic E-state index is 12.4. The molecule has 1 aliphatic heterocycles. The number of nitrogens with one attached hydrogen (secondary N) is 1. The lowest BCUT2D eigenvalue weighted by Crippen LogP contribution is -2.19. The van der Waals surface area contributed by atoms with Crippen LogP contribution in [0.1, 0.15) is 42.6 Å². The van der Waals surface area contributed by atoms with Crippen molar-refractivity contribution in [3.05, 3.63) is 52.5 Å². The largest absolute Gasteiger partial charge is 0.490 e. The number of hydrogen-bond donors (Lipinski definition) is 1. The van der Waals surface area contributed by atoms with E-state index in [1.807, 2.05) is 19.1 Å². The molecule has 2 aromatic carbocycles. The van der Waals surface area contributed by atoms with Gasteiger partial charge in [-0.25, -0.2) is 10.2 Å². The minimum Gasteiger partial charge on any atom is -0.490 e. The van der Waals surface area contributed by atoms with E-state index in [1.165, 1.54) is 19.1 Å². The van der Waals surface area contributed by atoms with Gasteiger partial charge in [0.15, 0.2) is 18.1 Å². The second kappa shape index (κ2) is 12.1. The van der Waals surface area contributed by atoms with Crippen molar-refractivity contribution < 1.29 is 23.8 Å². The highest BCUT2D eigenvalue weighted by atomic mass is 35.5. The maximum absolute atomic E-state index is 12.4. The molecule has 33 heavy (non-hydrogen) atoms. The van der Waals surface area contributed by atoms with Crippen molar-refractivity contribution in [3.8, 4) is 11.5 Å². The summed E-state index contributed by atoms with van der Waals surface area (Å²) in [5, 5.41) is 4.27. The Balaban J connectivity index is 1.63. The number of amides is 1. The summed E-state index contributed by atoms with van der Waals surface area (Å²) in [6.07, 6.45) is 3.86. The fourth-order valence-corrected chi connectivity index (χ4v) is 3.70. The van der Waals surface area contributed by atoms with Gasteiger partial charge in [0, 0.05) is 24.3 Å². The van der Waals surface area contributed by atoms with Gasteiger partial charge < -0.3 is 19.1 Å². The average Bonchev–Trinajstić information content (AvgIpc) is 3.34. The Labute approximate surface area is 198 Å². The lowest BCUT2D eigenvalue weighted by Gasteiger charge is -2.17. The molecule has 9 heteroatoms. The van der Waals surface area contributed by atoms with Gasteiger partial charge in [-0.2, -0.15) is 5.10 Å². The molecule has 0 aliphatic carbocycles. The molecule has 1 aliphatic rings. The summed E-state index contributed by atoms with van der Waals surface area (Å²) >= 11 is 6.33. The quantitative estimate of drug-likeness (QED) is 0.318. The van der Waals surface area contributed by atoms with Crippen LogP contribution in [-0.2, 0) is 9.53 Å². The minimum absolute atomic E-state index is 0.242. The summed E-state index contributed by atoms with van der Waals surface area (Å²) in [6.45, 7) is 5.98. The second-order valence-electron chi connectivity index (χ2n) is 7.30. The van der Waals surface area contributed by atoms with Gasteiger partial charge in [0.05, 0.1) is 24.5 Å². The molecular formula is C24H28ClN3O5. The Bertz CT molecular complexity index is 988. The van der Waals surface area contributed by atoms with E-state index in [2.05, 4.69) is 15.4 Å². The average molecular weight is 474 g/mol. The normalized spacial score (nSPS) is 13.2. The van der Waals surface area contributed by atoms with Gasteiger partial charge in [-0.15, -0.1) is 0 Å². The predicted molar refractivity (Wildman–Crippen MR) is 128 cm³/mol. The Morgan fingerprint density at radius 3 is 2.48 bits per heavy atom. The second-order valence-corrected chi connectivity index (χ2v) is 7.70. The van der Waals surface area contributed by atoms with E-state index >= 15 is 0 Å². The van der Waals surface area contributed by atoms with Crippen molar-refractivity contribution in [2.45, 2.75) is 26.7 Å². The first-order chi connectivity index (χ1) is 16.0. The number of benzene rings is 2.